The van der Waals surface area contributed by atoms with Crippen LogP contribution in [0.5, 0.6) is 11.8 Å². The average Bonchev–Trinajstić information content (AvgIpc) is 3.44. The first-order valence-corrected chi connectivity index (χ1v) is 17.3. The Bertz CT molecular complexity index is 1260. The van der Waals surface area contributed by atoms with Crippen molar-refractivity contribution in [2.75, 3.05) is 39.4 Å². The normalized spacial score (nSPS) is 28.6. The van der Waals surface area contributed by atoms with Gasteiger partial charge >= 0.3 is 5.97 Å². The van der Waals surface area contributed by atoms with Gasteiger partial charge in [0.2, 0.25) is 29.5 Å². The number of nitrogens with one attached hydrogen (secondary N) is 2. The third-order valence-corrected chi connectivity index (χ3v) is 8.61. The first kappa shape index (κ1) is 43.8. The second-order valence-electron chi connectivity index (χ2n) is 12.7. The largest absolute Gasteiger partial charge is 0.492 e. The number of hydrogen-bond donors (Lipinski definition) is 10. The first-order valence-electron chi connectivity index (χ1n) is 17.3. The van der Waals surface area contributed by atoms with E-state index >= 15 is 0 Å². The monoisotopic (exact) mass is 764 g/mol. The number of aliphatic hydroxyl groups excluding tert-OH is 6. The Morgan fingerprint density at radius 1 is 0.679 bits per heavy atom. The van der Waals surface area contributed by atoms with Crippen LogP contribution >= 0.6 is 0 Å². The van der Waals surface area contributed by atoms with Crippen LogP contribution in [0.2, 0.25) is 0 Å². The van der Waals surface area contributed by atoms with E-state index in [1.54, 1.807) is 0 Å². The summed E-state index contributed by atoms with van der Waals surface area (Å²) in [5.74, 6) is -3.04. The quantitative estimate of drug-likeness (QED) is 0.0565. The molecule has 0 aromatic carbocycles. The highest BCUT2D eigenvalue weighted by atomic mass is 16.7. The van der Waals surface area contributed by atoms with Gasteiger partial charge in [-0.25, -0.2) is 4.79 Å². The van der Waals surface area contributed by atoms with Gasteiger partial charge in [-0.15, -0.1) is 4.73 Å². The Morgan fingerprint density at radius 3 is 1.57 bits per heavy atom. The number of aromatic hydroxyl groups is 2. The summed E-state index contributed by atoms with van der Waals surface area (Å²) in [7, 11) is 0. The number of ether oxygens (including phenoxy) is 4. The van der Waals surface area contributed by atoms with Crippen molar-refractivity contribution in [3.8, 4) is 11.8 Å². The summed E-state index contributed by atoms with van der Waals surface area (Å²) in [4.78, 5) is 56.6. The van der Waals surface area contributed by atoms with E-state index in [4.69, 9.17) is 23.8 Å². The zero-order valence-electron chi connectivity index (χ0n) is 29.6. The Labute approximate surface area is 304 Å². The number of amides is 3. The van der Waals surface area contributed by atoms with Gasteiger partial charge in [0, 0.05) is 64.0 Å². The van der Waals surface area contributed by atoms with Gasteiger partial charge in [-0.1, -0.05) is 0 Å². The SMILES string of the molecule is CC1OC(OCCNC(=O)CCN(CCC(=O)NCCOC2OC(C)C(O)C(O)C2O)C(=O)CCCCC(=O)On2c(O)ccc2O)C(O)C(O)C1O. The molecule has 10 atom stereocenters. The van der Waals surface area contributed by atoms with Crippen molar-refractivity contribution in [3.05, 3.63) is 12.1 Å². The number of hydrogen-bond acceptors (Lipinski definition) is 17. The summed E-state index contributed by atoms with van der Waals surface area (Å²) in [6, 6.07) is 2.26. The van der Waals surface area contributed by atoms with Crippen LogP contribution in [0.3, 0.4) is 0 Å². The molecule has 1 aromatic heterocycles. The Kier molecular flexibility index (Phi) is 17.6. The minimum absolute atomic E-state index is 0.00704. The molecule has 3 rings (SSSR count). The van der Waals surface area contributed by atoms with Crippen LogP contribution in [-0.2, 0) is 38.1 Å². The van der Waals surface area contributed by atoms with Crippen molar-refractivity contribution in [3.63, 3.8) is 0 Å². The predicted octanol–water partition coefficient (Wildman–Crippen LogP) is -4.06. The maximum Gasteiger partial charge on any atom is 0.333 e. The van der Waals surface area contributed by atoms with E-state index in [0.29, 0.717) is 4.73 Å². The molecule has 0 spiro atoms. The Hall–Kier alpha value is -3.64. The fraction of sp³-hybridized carbons (Fsp3) is 0.750. The number of aliphatic hydroxyl groups is 6. The smallest absolute Gasteiger partial charge is 0.333 e. The van der Waals surface area contributed by atoms with Crippen molar-refractivity contribution in [2.24, 2.45) is 0 Å². The zero-order chi connectivity index (χ0) is 39.2. The van der Waals surface area contributed by atoms with Crippen LogP contribution in [0.15, 0.2) is 12.1 Å². The molecule has 3 heterocycles. The van der Waals surface area contributed by atoms with E-state index in [2.05, 4.69) is 10.6 Å². The highest BCUT2D eigenvalue weighted by Gasteiger charge is 2.43. The standard InChI is InChI=1S/C32H52N4O17/c1-17-25(43)27(45)29(47)31(51-17)49-15-11-33-19(37)9-13-35(21(39)5-3-4-6-24(42)53-36-22(40)7-8-23(36)41)14-10-20(38)34-12-16-50-32-30(48)28(46)26(44)18(2)52-32/h7-8,17-18,25-32,40-41,43-48H,3-6,9-16H2,1-2H3,(H,33,37)(H,34,38). The molecule has 10 N–H and O–H groups in total. The summed E-state index contributed by atoms with van der Waals surface area (Å²) in [6.45, 7) is 2.66. The average molecular weight is 765 g/mol. The summed E-state index contributed by atoms with van der Waals surface area (Å²) in [6.07, 6.45) is -12.6. The number of aromatic nitrogens is 1. The predicted molar refractivity (Wildman–Crippen MR) is 176 cm³/mol. The molecule has 0 radical (unpaired) electrons. The van der Waals surface area contributed by atoms with Gasteiger partial charge in [-0.05, 0) is 26.7 Å². The van der Waals surface area contributed by atoms with Crippen LogP contribution < -0.4 is 15.5 Å². The van der Waals surface area contributed by atoms with E-state index in [0.717, 1.165) is 12.1 Å². The maximum absolute atomic E-state index is 13.1. The van der Waals surface area contributed by atoms with Crippen LogP contribution in [-0.4, -0.2) is 175 Å². The summed E-state index contributed by atoms with van der Waals surface area (Å²) in [5, 5.41) is 83.9. The molecule has 2 aliphatic heterocycles. The minimum atomic E-state index is -1.50. The van der Waals surface area contributed by atoms with Gasteiger partial charge in [0.15, 0.2) is 12.6 Å². The van der Waals surface area contributed by atoms with Crippen LogP contribution in [0.25, 0.3) is 0 Å². The molecule has 2 saturated heterocycles. The van der Waals surface area contributed by atoms with E-state index in [9.17, 15) is 60.0 Å². The second-order valence-corrected chi connectivity index (χ2v) is 12.7. The molecule has 10 unspecified atom stereocenters. The van der Waals surface area contributed by atoms with Gasteiger partial charge in [0.05, 0.1) is 25.4 Å². The van der Waals surface area contributed by atoms with Crippen molar-refractivity contribution in [1.82, 2.24) is 20.3 Å². The molecule has 3 amide bonds. The van der Waals surface area contributed by atoms with Gasteiger partial charge in [-0.2, -0.15) is 0 Å². The molecule has 0 bridgehead atoms. The number of carbonyl (C=O) groups is 4. The van der Waals surface area contributed by atoms with Crippen LogP contribution in [0.4, 0.5) is 0 Å². The summed E-state index contributed by atoms with van der Waals surface area (Å²) in [5.41, 5.74) is 0. The summed E-state index contributed by atoms with van der Waals surface area (Å²) >= 11 is 0. The molecular weight excluding hydrogens is 712 g/mol. The second kappa shape index (κ2) is 21.3. The third-order valence-electron chi connectivity index (χ3n) is 8.61. The van der Waals surface area contributed by atoms with Gasteiger partial charge in [0.25, 0.3) is 0 Å². The van der Waals surface area contributed by atoms with Crippen molar-refractivity contribution >= 4 is 23.7 Å². The molecule has 21 nitrogen and oxygen atoms in total. The molecule has 21 heteroatoms. The van der Waals surface area contributed by atoms with E-state index in [1.165, 1.54) is 18.7 Å². The Balaban J connectivity index is 1.43. The molecular formula is C32H52N4O17. The van der Waals surface area contributed by atoms with Crippen molar-refractivity contribution < 1.29 is 83.8 Å². The number of carbonyl (C=O) groups excluding carboxylic acids is 4. The lowest BCUT2D eigenvalue weighted by Crippen LogP contribution is -2.57. The van der Waals surface area contributed by atoms with Crippen LogP contribution in [0, 0.1) is 0 Å². The topological polar surface area (TPSA) is 308 Å². The van der Waals surface area contributed by atoms with E-state index in [-0.39, 0.29) is 77.9 Å². The third kappa shape index (κ3) is 13.3. The van der Waals surface area contributed by atoms with Crippen LogP contribution in [0.1, 0.15) is 52.4 Å². The lowest BCUT2D eigenvalue weighted by molar-refractivity contribution is -0.292. The molecule has 2 aliphatic rings. The highest BCUT2D eigenvalue weighted by molar-refractivity contribution is 5.80. The lowest BCUT2D eigenvalue weighted by Gasteiger charge is -2.38. The molecule has 53 heavy (non-hydrogen) atoms. The number of rotatable bonds is 20. The maximum atomic E-state index is 13.1. The minimum Gasteiger partial charge on any atom is -0.492 e. The Morgan fingerprint density at radius 2 is 1.11 bits per heavy atom. The van der Waals surface area contributed by atoms with Gasteiger partial charge < -0.3 is 80.2 Å². The highest BCUT2D eigenvalue weighted by Crippen LogP contribution is 2.23. The fourth-order valence-corrected chi connectivity index (χ4v) is 5.39. The fourth-order valence-electron chi connectivity index (χ4n) is 5.39. The zero-order valence-corrected chi connectivity index (χ0v) is 29.6. The molecule has 302 valence electrons. The lowest BCUT2D eigenvalue weighted by atomic mass is 10.0. The number of nitrogens with zero attached hydrogens (tertiary/aromatic N) is 2. The van der Waals surface area contributed by atoms with E-state index in [1.807, 2.05) is 0 Å². The molecule has 0 saturated carbocycles. The molecule has 2 fully saturated rings. The van der Waals surface area contributed by atoms with Gasteiger partial charge in [0.1, 0.15) is 36.6 Å². The first-order chi connectivity index (χ1) is 25.1. The van der Waals surface area contributed by atoms with E-state index < -0.39 is 96.9 Å². The molecule has 0 aliphatic carbocycles. The number of unbranched alkanes of at least 4 members (excludes halogenated alkanes) is 1. The molecule has 1 aromatic rings. The summed E-state index contributed by atoms with van der Waals surface area (Å²) < 4.78 is 22.0. The van der Waals surface area contributed by atoms with Gasteiger partial charge in [-0.3, -0.25) is 14.4 Å². The van der Waals surface area contributed by atoms with Crippen molar-refractivity contribution in [1.29, 1.82) is 0 Å². The van der Waals surface area contributed by atoms with Crippen molar-refractivity contribution in [2.45, 2.75) is 114 Å².